The van der Waals surface area contributed by atoms with Gasteiger partial charge in [0.25, 0.3) is 0 Å². The molecule has 1 atom stereocenters. The van der Waals surface area contributed by atoms with E-state index in [1.165, 1.54) is 7.05 Å². The summed E-state index contributed by atoms with van der Waals surface area (Å²) >= 11 is 0. The van der Waals surface area contributed by atoms with Crippen LogP contribution in [-0.2, 0) is 19.2 Å². The molecule has 118 valence electrons. The molecular weight excluding hydrogens is 280 g/mol. The Morgan fingerprint density at radius 3 is 2.43 bits per heavy atom. The first-order valence-electron chi connectivity index (χ1n) is 6.85. The van der Waals surface area contributed by atoms with Crippen LogP contribution in [0.25, 0.3) is 0 Å². The number of amides is 2. The minimum atomic E-state index is -1.11. The monoisotopic (exact) mass is 300 g/mol. The van der Waals surface area contributed by atoms with Gasteiger partial charge in [-0.3, -0.25) is 14.4 Å². The summed E-state index contributed by atoms with van der Waals surface area (Å²) in [7, 11) is 1.40. The molecule has 0 saturated carbocycles. The fraction of sp³-hybridized carbons (Fsp3) is 0.692. The number of likely N-dealkylation sites (N-methyl/N-ethyl adjacent to an activating group) is 1. The molecule has 0 aromatic heterocycles. The molecule has 0 aromatic rings. The van der Waals surface area contributed by atoms with Crippen molar-refractivity contribution in [2.75, 3.05) is 20.1 Å². The maximum absolute atomic E-state index is 12.1. The fourth-order valence-corrected chi connectivity index (χ4v) is 2.29. The molecule has 0 bridgehead atoms. The highest BCUT2D eigenvalue weighted by atomic mass is 16.4. The first-order valence-corrected chi connectivity index (χ1v) is 6.85. The lowest BCUT2D eigenvalue weighted by atomic mass is 10.0. The summed E-state index contributed by atoms with van der Waals surface area (Å²) in [4.78, 5) is 47.9. The average molecular weight is 300 g/mol. The molecule has 0 aromatic carbocycles. The Labute approximate surface area is 122 Å². The molecule has 1 fully saturated rings. The van der Waals surface area contributed by atoms with Gasteiger partial charge in [0.05, 0.1) is 0 Å². The van der Waals surface area contributed by atoms with Crippen molar-refractivity contribution in [3.05, 3.63) is 0 Å². The molecule has 2 N–H and O–H groups in total. The molecule has 1 aliphatic rings. The van der Waals surface area contributed by atoms with Gasteiger partial charge in [-0.25, -0.2) is 4.79 Å². The van der Waals surface area contributed by atoms with E-state index in [-0.39, 0.29) is 25.9 Å². The van der Waals surface area contributed by atoms with Gasteiger partial charge in [-0.2, -0.15) is 0 Å². The Bertz CT molecular complexity index is 436. The van der Waals surface area contributed by atoms with E-state index in [4.69, 9.17) is 10.2 Å². The summed E-state index contributed by atoms with van der Waals surface area (Å²) in [5.41, 5.74) is 0. The van der Waals surface area contributed by atoms with Crippen LogP contribution in [0.2, 0.25) is 0 Å². The first kappa shape index (κ1) is 16.9. The molecule has 1 rings (SSSR count). The third kappa shape index (κ3) is 4.73. The van der Waals surface area contributed by atoms with Gasteiger partial charge >= 0.3 is 23.8 Å². The molecule has 0 aliphatic carbocycles. The molecule has 1 heterocycles. The van der Waals surface area contributed by atoms with E-state index in [0.717, 1.165) is 9.80 Å². The van der Waals surface area contributed by atoms with Crippen LogP contribution in [0, 0.1) is 0 Å². The smallest absolute Gasteiger partial charge is 0.326 e. The largest absolute Gasteiger partial charge is 0.481 e. The quantitative estimate of drug-likeness (QED) is 0.678. The summed E-state index contributed by atoms with van der Waals surface area (Å²) in [5.74, 6) is -3.71. The number of carbonyl (C=O) groups excluding carboxylic acids is 2. The van der Waals surface area contributed by atoms with Crippen molar-refractivity contribution >= 4 is 23.8 Å². The highest BCUT2D eigenvalue weighted by molar-refractivity contribution is 6.35. The standard InChI is InChI=1S/C13H20N2O6/c1-14(7-4-6-10(16)17)11(18)12(19)15-8-3-2-5-9(15)13(20)21/h9H,2-8H2,1H3,(H,16,17)(H,20,21)/t9-/m0/s1. The maximum Gasteiger partial charge on any atom is 0.326 e. The van der Waals surface area contributed by atoms with E-state index in [2.05, 4.69) is 0 Å². The Balaban J connectivity index is 2.61. The van der Waals surface area contributed by atoms with Gasteiger partial charge in [-0.1, -0.05) is 0 Å². The molecule has 0 radical (unpaired) electrons. The number of rotatable bonds is 5. The second-order valence-corrected chi connectivity index (χ2v) is 5.07. The van der Waals surface area contributed by atoms with Crippen LogP contribution in [0.4, 0.5) is 0 Å². The predicted octanol–water partition coefficient (Wildman–Crippen LogP) is -0.225. The highest BCUT2D eigenvalue weighted by Crippen LogP contribution is 2.18. The van der Waals surface area contributed by atoms with Crippen LogP contribution in [0.3, 0.4) is 0 Å². The van der Waals surface area contributed by atoms with Gasteiger partial charge < -0.3 is 20.0 Å². The lowest BCUT2D eigenvalue weighted by Crippen LogP contribution is -2.53. The zero-order chi connectivity index (χ0) is 16.0. The van der Waals surface area contributed by atoms with Crippen molar-refractivity contribution in [3.63, 3.8) is 0 Å². The minimum Gasteiger partial charge on any atom is -0.481 e. The third-order valence-electron chi connectivity index (χ3n) is 3.46. The zero-order valence-corrected chi connectivity index (χ0v) is 11.9. The predicted molar refractivity (Wildman–Crippen MR) is 71.5 cm³/mol. The van der Waals surface area contributed by atoms with Gasteiger partial charge in [0, 0.05) is 26.6 Å². The Morgan fingerprint density at radius 2 is 1.86 bits per heavy atom. The maximum atomic E-state index is 12.1. The van der Waals surface area contributed by atoms with Crippen LogP contribution in [-0.4, -0.2) is 69.9 Å². The van der Waals surface area contributed by atoms with Gasteiger partial charge in [0.1, 0.15) is 6.04 Å². The van der Waals surface area contributed by atoms with E-state index >= 15 is 0 Å². The SMILES string of the molecule is CN(CCCC(=O)O)C(=O)C(=O)N1CCCC[C@H]1C(=O)O. The van der Waals surface area contributed by atoms with Gasteiger partial charge in [-0.05, 0) is 25.7 Å². The normalized spacial score (nSPS) is 18.1. The van der Waals surface area contributed by atoms with Crippen LogP contribution in [0.1, 0.15) is 32.1 Å². The molecule has 8 nitrogen and oxygen atoms in total. The number of carbonyl (C=O) groups is 4. The van der Waals surface area contributed by atoms with Crippen molar-refractivity contribution in [2.24, 2.45) is 0 Å². The van der Waals surface area contributed by atoms with Gasteiger partial charge in [-0.15, -0.1) is 0 Å². The second kappa shape index (κ2) is 7.61. The molecule has 0 spiro atoms. The summed E-state index contributed by atoms with van der Waals surface area (Å²) in [6.07, 6.45) is 1.88. The molecule has 8 heteroatoms. The van der Waals surface area contributed by atoms with Crippen molar-refractivity contribution in [2.45, 2.75) is 38.1 Å². The number of hydrogen-bond donors (Lipinski definition) is 2. The molecular formula is C13H20N2O6. The Morgan fingerprint density at radius 1 is 1.19 bits per heavy atom. The van der Waals surface area contributed by atoms with Crippen molar-refractivity contribution in [1.29, 1.82) is 0 Å². The van der Waals surface area contributed by atoms with Crippen LogP contribution in [0.15, 0.2) is 0 Å². The summed E-state index contributed by atoms with van der Waals surface area (Å²) in [6.45, 7) is 0.396. The van der Waals surface area contributed by atoms with E-state index < -0.39 is 29.8 Å². The lowest BCUT2D eigenvalue weighted by Gasteiger charge is -2.33. The lowest BCUT2D eigenvalue weighted by molar-refractivity contribution is -0.159. The number of carboxylic acid groups (broad SMARTS) is 2. The molecule has 1 saturated heterocycles. The number of aliphatic carboxylic acids is 2. The van der Waals surface area contributed by atoms with Gasteiger partial charge in [0.15, 0.2) is 0 Å². The average Bonchev–Trinajstić information content (AvgIpc) is 2.45. The number of hydrogen-bond acceptors (Lipinski definition) is 4. The van der Waals surface area contributed by atoms with Gasteiger partial charge in [0.2, 0.25) is 0 Å². The molecule has 21 heavy (non-hydrogen) atoms. The van der Waals surface area contributed by atoms with E-state index in [9.17, 15) is 19.2 Å². The van der Waals surface area contributed by atoms with E-state index in [1.807, 2.05) is 0 Å². The van der Waals surface area contributed by atoms with Crippen LogP contribution in [0.5, 0.6) is 0 Å². The third-order valence-corrected chi connectivity index (χ3v) is 3.46. The van der Waals surface area contributed by atoms with E-state index in [0.29, 0.717) is 19.3 Å². The van der Waals surface area contributed by atoms with Crippen molar-refractivity contribution in [3.8, 4) is 0 Å². The minimum absolute atomic E-state index is 0.0900. The number of nitrogens with zero attached hydrogens (tertiary/aromatic N) is 2. The molecule has 1 aliphatic heterocycles. The summed E-state index contributed by atoms with van der Waals surface area (Å²) in [5, 5.41) is 17.6. The topological polar surface area (TPSA) is 115 Å². The van der Waals surface area contributed by atoms with Crippen LogP contribution < -0.4 is 0 Å². The number of likely N-dealkylation sites (tertiary alicyclic amines) is 1. The zero-order valence-electron chi connectivity index (χ0n) is 11.9. The number of carboxylic acids is 2. The van der Waals surface area contributed by atoms with E-state index in [1.54, 1.807) is 0 Å². The first-order chi connectivity index (χ1) is 9.84. The summed E-state index contributed by atoms with van der Waals surface area (Å²) in [6, 6.07) is -0.956. The molecule has 2 amide bonds. The van der Waals surface area contributed by atoms with Crippen molar-refractivity contribution < 1.29 is 29.4 Å². The molecule has 0 unspecified atom stereocenters. The van der Waals surface area contributed by atoms with Crippen LogP contribution >= 0.6 is 0 Å². The second-order valence-electron chi connectivity index (χ2n) is 5.07. The summed E-state index contributed by atoms with van der Waals surface area (Å²) < 4.78 is 0. The fourth-order valence-electron chi connectivity index (χ4n) is 2.29. The Hall–Kier alpha value is -2.12. The Kier molecular flexibility index (Phi) is 6.13. The van der Waals surface area contributed by atoms with Crippen molar-refractivity contribution in [1.82, 2.24) is 9.80 Å². The number of piperidine rings is 1. The highest BCUT2D eigenvalue weighted by Gasteiger charge is 2.35.